The van der Waals surface area contributed by atoms with Gasteiger partial charge in [0.25, 0.3) is 0 Å². The van der Waals surface area contributed by atoms with Crippen LogP contribution in [0.3, 0.4) is 0 Å². The van der Waals surface area contributed by atoms with Gasteiger partial charge in [-0.15, -0.1) is 11.3 Å². The molecule has 0 saturated heterocycles. The van der Waals surface area contributed by atoms with Gasteiger partial charge in [0.1, 0.15) is 10.8 Å². The standard InChI is InChI=1S/C24H24N4O2S2/c1-17-12-20-13-19(8-9-22(20)28(17)32(2,29)30)21-16-31-24(26-21)14-23-25-10-11-27(23)15-18-6-4-3-5-7-18/h3-11,13,16-17H,12,14-15H2,1-2H3/t17-/m1/s1. The molecular weight excluding hydrogens is 440 g/mol. The topological polar surface area (TPSA) is 68.1 Å². The predicted molar refractivity (Wildman–Crippen MR) is 129 cm³/mol. The van der Waals surface area contributed by atoms with Crippen molar-refractivity contribution in [1.29, 1.82) is 0 Å². The van der Waals surface area contributed by atoms with Crippen LogP contribution in [0, 0.1) is 0 Å². The molecule has 0 N–H and O–H groups in total. The molecule has 0 fully saturated rings. The summed E-state index contributed by atoms with van der Waals surface area (Å²) in [6.07, 6.45) is 6.49. The normalized spacial score (nSPS) is 15.8. The molecule has 0 amide bonds. The van der Waals surface area contributed by atoms with Gasteiger partial charge in [0.15, 0.2) is 0 Å². The lowest BCUT2D eigenvalue weighted by atomic mass is 10.1. The molecule has 8 heteroatoms. The largest absolute Gasteiger partial charge is 0.330 e. The minimum Gasteiger partial charge on any atom is -0.330 e. The van der Waals surface area contributed by atoms with Crippen molar-refractivity contribution in [2.45, 2.75) is 32.4 Å². The van der Waals surface area contributed by atoms with E-state index in [0.717, 1.165) is 39.9 Å². The van der Waals surface area contributed by atoms with E-state index in [0.29, 0.717) is 12.8 Å². The minimum absolute atomic E-state index is 0.0651. The molecule has 6 nitrogen and oxygen atoms in total. The Kier molecular flexibility index (Phi) is 5.35. The monoisotopic (exact) mass is 464 g/mol. The number of rotatable bonds is 6. The number of nitrogens with zero attached hydrogens (tertiary/aromatic N) is 4. The van der Waals surface area contributed by atoms with E-state index in [1.807, 2.05) is 49.6 Å². The summed E-state index contributed by atoms with van der Waals surface area (Å²) in [5, 5.41) is 3.07. The molecular formula is C24H24N4O2S2. The SMILES string of the molecule is C[C@@H]1Cc2cc(-c3csc(Cc4nccn4Cc4ccccc4)n3)ccc2N1S(C)(=O)=O. The van der Waals surface area contributed by atoms with Gasteiger partial charge in [0.05, 0.1) is 24.1 Å². The molecule has 0 radical (unpaired) electrons. The lowest BCUT2D eigenvalue weighted by Crippen LogP contribution is -2.34. The Hall–Kier alpha value is -2.97. The first-order valence-electron chi connectivity index (χ1n) is 10.5. The van der Waals surface area contributed by atoms with E-state index in [-0.39, 0.29) is 6.04 Å². The Morgan fingerprint density at radius 2 is 1.97 bits per heavy atom. The van der Waals surface area contributed by atoms with Gasteiger partial charge in [-0.25, -0.2) is 18.4 Å². The van der Waals surface area contributed by atoms with Crippen molar-refractivity contribution in [3.8, 4) is 11.3 Å². The second-order valence-electron chi connectivity index (χ2n) is 8.22. The Morgan fingerprint density at radius 3 is 2.75 bits per heavy atom. The number of hydrogen-bond donors (Lipinski definition) is 0. The molecule has 164 valence electrons. The Bertz CT molecular complexity index is 1360. The zero-order chi connectivity index (χ0) is 22.3. The molecule has 0 aliphatic carbocycles. The Labute approximate surface area is 192 Å². The molecule has 1 atom stereocenters. The van der Waals surface area contributed by atoms with Crippen LogP contribution in [0.5, 0.6) is 0 Å². The number of thiazole rings is 1. The van der Waals surface area contributed by atoms with E-state index in [2.05, 4.69) is 33.1 Å². The average Bonchev–Trinajstić information content (AvgIpc) is 3.46. The maximum Gasteiger partial charge on any atom is 0.232 e. The van der Waals surface area contributed by atoms with Crippen LogP contribution in [0.15, 0.2) is 66.3 Å². The second kappa shape index (κ2) is 8.18. The number of hydrogen-bond acceptors (Lipinski definition) is 5. The van der Waals surface area contributed by atoms with Crippen molar-refractivity contribution in [3.63, 3.8) is 0 Å². The molecule has 1 aliphatic heterocycles. The van der Waals surface area contributed by atoms with E-state index in [1.165, 1.54) is 16.1 Å². The van der Waals surface area contributed by atoms with Crippen molar-refractivity contribution in [1.82, 2.24) is 14.5 Å². The first-order chi connectivity index (χ1) is 15.4. The molecule has 2 aromatic carbocycles. The van der Waals surface area contributed by atoms with Crippen LogP contribution in [0.4, 0.5) is 5.69 Å². The molecule has 5 rings (SSSR count). The summed E-state index contributed by atoms with van der Waals surface area (Å²) >= 11 is 1.63. The van der Waals surface area contributed by atoms with Gasteiger partial charge >= 0.3 is 0 Å². The number of sulfonamides is 1. The van der Waals surface area contributed by atoms with E-state index < -0.39 is 10.0 Å². The van der Waals surface area contributed by atoms with Crippen molar-refractivity contribution in [3.05, 3.63) is 88.3 Å². The number of imidazole rings is 1. The van der Waals surface area contributed by atoms with Crippen LogP contribution in [0.1, 0.15) is 28.9 Å². The predicted octanol–water partition coefficient (Wildman–Crippen LogP) is 4.36. The number of fused-ring (bicyclic) bond motifs is 1. The van der Waals surface area contributed by atoms with Gasteiger partial charge in [-0.1, -0.05) is 36.4 Å². The van der Waals surface area contributed by atoms with Gasteiger partial charge in [0.2, 0.25) is 10.0 Å². The van der Waals surface area contributed by atoms with Gasteiger partial charge in [-0.05, 0) is 36.6 Å². The summed E-state index contributed by atoms with van der Waals surface area (Å²) in [6.45, 7) is 2.73. The summed E-state index contributed by atoms with van der Waals surface area (Å²) in [5.41, 5.74) is 5.00. The van der Waals surface area contributed by atoms with Crippen molar-refractivity contribution < 1.29 is 8.42 Å². The molecule has 0 unspecified atom stereocenters. The van der Waals surface area contributed by atoms with E-state index >= 15 is 0 Å². The van der Waals surface area contributed by atoms with Crippen LogP contribution in [-0.2, 0) is 29.4 Å². The molecule has 0 spiro atoms. The van der Waals surface area contributed by atoms with E-state index in [1.54, 1.807) is 11.3 Å². The first-order valence-corrected chi connectivity index (χ1v) is 13.2. The van der Waals surface area contributed by atoms with Crippen LogP contribution >= 0.6 is 11.3 Å². The van der Waals surface area contributed by atoms with Crippen molar-refractivity contribution in [2.24, 2.45) is 0 Å². The molecule has 0 bridgehead atoms. The van der Waals surface area contributed by atoms with Crippen LogP contribution < -0.4 is 4.31 Å². The van der Waals surface area contributed by atoms with Gasteiger partial charge in [-0.3, -0.25) is 4.31 Å². The van der Waals surface area contributed by atoms with Gasteiger partial charge in [0, 0.05) is 35.9 Å². The smallest absolute Gasteiger partial charge is 0.232 e. The third-order valence-electron chi connectivity index (χ3n) is 5.74. The highest BCUT2D eigenvalue weighted by Gasteiger charge is 2.32. The second-order valence-corrected chi connectivity index (χ2v) is 11.0. The summed E-state index contributed by atoms with van der Waals surface area (Å²) in [7, 11) is -3.28. The van der Waals surface area contributed by atoms with E-state index in [4.69, 9.17) is 4.98 Å². The highest BCUT2D eigenvalue weighted by molar-refractivity contribution is 7.92. The summed E-state index contributed by atoms with van der Waals surface area (Å²) in [4.78, 5) is 9.39. The minimum atomic E-state index is -3.28. The Balaban J connectivity index is 1.36. The van der Waals surface area contributed by atoms with Crippen LogP contribution in [0.2, 0.25) is 0 Å². The van der Waals surface area contributed by atoms with E-state index in [9.17, 15) is 8.42 Å². The maximum absolute atomic E-state index is 12.2. The van der Waals surface area contributed by atoms with Crippen molar-refractivity contribution in [2.75, 3.05) is 10.6 Å². The molecule has 0 saturated carbocycles. The maximum atomic E-state index is 12.2. The fourth-order valence-corrected chi connectivity index (χ4v) is 6.42. The molecule has 4 aromatic rings. The zero-order valence-electron chi connectivity index (χ0n) is 18.0. The first kappa shape index (κ1) is 20.9. The Morgan fingerprint density at radius 1 is 1.16 bits per heavy atom. The molecule has 2 aromatic heterocycles. The fourth-order valence-electron chi connectivity index (χ4n) is 4.36. The summed E-state index contributed by atoms with van der Waals surface area (Å²) in [5.74, 6) is 0.987. The highest BCUT2D eigenvalue weighted by Crippen LogP contribution is 2.37. The molecule has 32 heavy (non-hydrogen) atoms. The average molecular weight is 465 g/mol. The highest BCUT2D eigenvalue weighted by atomic mass is 32.2. The van der Waals surface area contributed by atoms with Crippen molar-refractivity contribution >= 4 is 27.0 Å². The third-order valence-corrected chi connectivity index (χ3v) is 7.86. The number of benzene rings is 2. The molecule has 1 aliphatic rings. The molecule has 3 heterocycles. The van der Waals surface area contributed by atoms with Gasteiger partial charge < -0.3 is 4.57 Å². The van der Waals surface area contributed by atoms with Crippen LogP contribution in [0.25, 0.3) is 11.3 Å². The quantitative estimate of drug-likeness (QED) is 0.425. The lowest BCUT2D eigenvalue weighted by molar-refractivity contribution is 0.590. The summed E-state index contributed by atoms with van der Waals surface area (Å²) < 4.78 is 28.0. The number of aromatic nitrogens is 3. The van der Waals surface area contributed by atoms with Gasteiger partial charge in [-0.2, -0.15) is 0 Å². The number of anilines is 1. The lowest BCUT2D eigenvalue weighted by Gasteiger charge is -2.21. The summed E-state index contributed by atoms with van der Waals surface area (Å²) in [6, 6.07) is 16.2. The fraction of sp³-hybridized carbons (Fsp3) is 0.250. The third kappa shape index (κ3) is 4.08. The van der Waals surface area contributed by atoms with Crippen LogP contribution in [-0.4, -0.2) is 35.3 Å². The zero-order valence-corrected chi connectivity index (χ0v) is 19.6.